The van der Waals surface area contributed by atoms with Gasteiger partial charge in [0.25, 0.3) is 0 Å². The summed E-state index contributed by atoms with van der Waals surface area (Å²) >= 11 is 0. The van der Waals surface area contributed by atoms with Crippen molar-refractivity contribution in [3.8, 4) is 11.3 Å². The molecule has 0 bridgehead atoms. The fourth-order valence-electron chi connectivity index (χ4n) is 1.91. The van der Waals surface area contributed by atoms with E-state index in [0.717, 1.165) is 5.56 Å². The minimum absolute atomic E-state index is 0.173. The van der Waals surface area contributed by atoms with Crippen LogP contribution in [-0.4, -0.2) is 23.5 Å². The van der Waals surface area contributed by atoms with E-state index in [9.17, 15) is 4.79 Å². The largest absolute Gasteiger partial charge is 0.466 e. The number of fused-ring (bicyclic) bond motifs is 1. The van der Waals surface area contributed by atoms with E-state index in [2.05, 4.69) is 5.16 Å². The minimum Gasteiger partial charge on any atom is -0.466 e. The Kier molecular flexibility index (Phi) is 4.18. The number of hydrogen-bond donors (Lipinski definition) is 1. The Morgan fingerprint density at radius 1 is 1.37 bits per heavy atom. The molecule has 0 aromatic heterocycles. The van der Waals surface area contributed by atoms with Crippen molar-refractivity contribution in [2.24, 2.45) is 5.16 Å². The third kappa shape index (κ3) is 2.93. The molecule has 5 nitrogen and oxygen atoms in total. The molecule has 0 unspecified atom stereocenters. The lowest BCUT2D eigenvalue weighted by Crippen LogP contribution is -2.08. The second-order valence-electron chi connectivity index (χ2n) is 4.00. The zero-order chi connectivity index (χ0) is 13.7. The number of hydrogen-bond acceptors (Lipinski definition) is 5. The third-order valence-corrected chi connectivity index (χ3v) is 2.78. The number of carbonyl (C=O) groups is 1. The number of carbonyl (C=O) groups excluding carboxylic acids is 1. The standard InChI is InChI=1S/C14H15NO4/c1-2-18-13(16)8-7-12(15-17)11-6-5-10-4-3-9-19-14(10)11/h3-6,9,17H,2,7-8H2,1H3. The van der Waals surface area contributed by atoms with E-state index in [1.807, 2.05) is 18.2 Å². The molecule has 1 aliphatic heterocycles. The van der Waals surface area contributed by atoms with Crippen LogP contribution in [0.4, 0.5) is 0 Å². The molecular weight excluding hydrogens is 246 g/mol. The van der Waals surface area contributed by atoms with Crippen LogP contribution in [-0.2, 0) is 9.53 Å². The third-order valence-electron chi connectivity index (χ3n) is 2.78. The normalized spacial score (nSPS) is 11.7. The van der Waals surface area contributed by atoms with Crippen molar-refractivity contribution in [3.63, 3.8) is 0 Å². The first-order valence-corrected chi connectivity index (χ1v) is 6.09. The molecule has 0 spiro atoms. The Labute approximate surface area is 110 Å². The average Bonchev–Trinajstić information content (AvgIpc) is 2.84. The summed E-state index contributed by atoms with van der Waals surface area (Å²) in [5.74, 6) is 0.343. The molecule has 1 N–H and O–H groups in total. The predicted molar refractivity (Wildman–Crippen MR) is 69.5 cm³/mol. The molecule has 0 aromatic carbocycles. The minimum atomic E-state index is -0.309. The van der Waals surface area contributed by atoms with Gasteiger partial charge >= 0.3 is 5.97 Å². The summed E-state index contributed by atoms with van der Waals surface area (Å²) in [4.78, 5) is 11.3. The summed E-state index contributed by atoms with van der Waals surface area (Å²) in [6.45, 7) is 2.10. The summed E-state index contributed by atoms with van der Waals surface area (Å²) in [5, 5.41) is 12.4. The second-order valence-corrected chi connectivity index (χ2v) is 4.00. The van der Waals surface area contributed by atoms with Gasteiger partial charge in [-0.1, -0.05) is 11.2 Å². The summed E-state index contributed by atoms with van der Waals surface area (Å²) in [6, 6.07) is 7.39. The first kappa shape index (κ1) is 13.1. The van der Waals surface area contributed by atoms with Crippen molar-refractivity contribution >= 4 is 11.7 Å². The number of ether oxygens (including phenoxy) is 1. The van der Waals surface area contributed by atoms with Crippen LogP contribution in [0.1, 0.15) is 25.3 Å². The number of esters is 1. The Morgan fingerprint density at radius 2 is 2.21 bits per heavy atom. The maximum Gasteiger partial charge on any atom is 0.306 e. The van der Waals surface area contributed by atoms with Gasteiger partial charge in [0.1, 0.15) is 5.76 Å². The molecule has 19 heavy (non-hydrogen) atoms. The quantitative estimate of drug-likeness (QED) is 0.389. The molecule has 100 valence electrons. The second kappa shape index (κ2) is 6.04. The lowest BCUT2D eigenvalue weighted by Gasteiger charge is -2.05. The first-order chi connectivity index (χ1) is 9.26. The molecule has 0 saturated carbocycles. The van der Waals surface area contributed by atoms with Crippen molar-refractivity contribution in [2.75, 3.05) is 6.61 Å². The van der Waals surface area contributed by atoms with Crippen molar-refractivity contribution in [1.82, 2.24) is 0 Å². The molecular formula is C14H15NO4. The summed E-state index contributed by atoms with van der Waals surface area (Å²) < 4.78 is 10.3. The van der Waals surface area contributed by atoms with Crippen molar-refractivity contribution < 1.29 is 19.2 Å². The highest BCUT2D eigenvalue weighted by atomic mass is 16.5. The van der Waals surface area contributed by atoms with Crippen LogP contribution in [0.5, 0.6) is 0 Å². The van der Waals surface area contributed by atoms with E-state index in [-0.39, 0.29) is 12.4 Å². The highest BCUT2D eigenvalue weighted by Gasteiger charge is 2.17. The van der Waals surface area contributed by atoms with Crippen LogP contribution in [0.15, 0.2) is 40.1 Å². The van der Waals surface area contributed by atoms with Crippen LogP contribution >= 0.6 is 0 Å². The lowest BCUT2D eigenvalue weighted by atomic mass is 10.1. The van der Waals surface area contributed by atoms with Crippen LogP contribution < -0.4 is 0 Å². The van der Waals surface area contributed by atoms with Crippen LogP contribution in [0.2, 0.25) is 0 Å². The van der Waals surface area contributed by atoms with E-state index in [0.29, 0.717) is 30.1 Å². The molecule has 0 radical (unpaired) electrons. The number of rotatable bonds is 5. The Morgan fingerprint density at radius 3 is 2.95 bits per heavy atom. The Hall–Kier alpha value is -2.30. The van der Waals surface area contributed by atoms with Crippen LogP contribution in [0.3, 0.4) is 0 Å². The van der Waals surface area contributed by atoms with E-state index in [1.54, 1.807) is 19.3 Å². The molecule has 1 aliphatic carbocycles. The molecule has 0 fully saturated rings. The van der Waals surface area contributed by atoms with Crippen LogP contribution in [0.25, 0.3) is 11.3 Å². The average molecular weight is 261 g/mol. The first-order valence-electron chi connectivity index (χ1n) is 6.09. The van der Waals surface area contributed by atoms with E-state index in [1.165, 1.54) is 0 Å². The highest BCUT2D eigenvalue weighted by Crippen LogP contribution is 2.29. The van der Waals surface area contributed by atoms with Gasteiger partial charge in [-0.2, -0.15) is 0 Å². The van der Waals surface area contributed by atoms with E-state index in [4.69, 9.17) is 14.4 Å². The summed E-state index contributed by atoms with van der Waals surface area (Å²) in [5.41, 5.74) is 2.04. The van der Waals surface area contributed by atoms with Crippen molar-refractivity contribution in [3.05, 3.63) is 36.1 Å². The smallest absolute Gasteiger partial charge is 0.306 e. The van der Waals surface area contributed by atoms with E-state index < -0.39 is 0 Å². The van der Waals surface area contributed by atoms with Crippen molar-refractivity contribution in [1.29, 1.82) is 0 Å². The zero-order valence-electron chi connectivity index (χ0n) is 10.6. The summed E-state index contributed by atoms with van der Waals surface area (Å²) in [6.07, 6.45) is 2.04. The van der Waals surface area contributed by atoms with Gasteiger partial charge in [-0.25, -0.2) is 0 Å². The molecule has 5 heteroatoms. The molecule has 0 aromatic rings. The molecule has 0 amide bonds. The maximum absolute atomic E-state index is 11.3. The Balaban J connectivity index is 2.13. The SMILES string of the molecule is CCOC(=O)CCC(=NO)c1ccc2cccoc1-2. The van der Waals surface area contributed by atoms with Crippen LogP contribution in [0, 0.1) is 0 Å². The van der Waals surface area contributed by atoms with Gasteiger partial charge in [0.2, 0.25) is 0 Å². The number of nitrogens with zero attached hydrogens (tertiary/aromatic N) is 1. The number of oxime groups is 1. The van der Waals surface area contributed by atoms with Gasteiger partial charge in [0.15, 0.2) is 0 Å². The molecule has 2 aliphatic rings. The van der Waals surface area contributed by atoms with Gasteiger partial charge in [-0.05, 0) is 25.1 Å². The topological polar surface area (TPSA) is 72.0 Å². The monoisotopic (exact) mass is 261 g/mol. The molecule has 0 atom stereocenters. The fourth-order valence-corrected chi connectivity index (χ4v) is 1.91. The van der Waals surface area contributed by atoms with Gasteiger partial charge in [-0.15, -0.1) is 0 Å². The summed E-state index contributed by atoms with van der Waals surface area (Å²) in [7, 11) is 0. The lowest BCUT2D eigenvalue weighted by molar-refractivity contribution is -0.142. The van der Waals surface area contributed by atoms with Gasteiger partial charge in [0, 0.05) is 17.5 Å². The predicted octanol–water partition coefficient (Wildman–Crippen LogP) is 2.91. The molecule has 2 rings (SSSR count). The van der Waals surface area contributed by atoms with Gasteiger partial charge in [0.05, 0.1) is 25.0 Å². The molecule has 0 saturated heterocycles. The highest BCUT2D eigenvalue weighted by molar-refractivity contribution is 6.06. The molecule has 1 heterocycles. The maximum atomic E-state index is 11.3. The van der Waals surface area contributed by atoms with Crippen molar-refractivity contribution in [2.45, 2.75) is 19.8 Å². The Bertz CT molecular complexity index is 558. The van der Waals surface area contributed by atoms with Gasteiger partial charge in [-0.3, -0.25) is 4.79 Å². The fraction of sp³-hybridized carbons (Fsp3) is 0.286. The van der Waals surface area contributed by atoms with Gasteiger partial charge < -0.3 is 14.4 Å². The van der Waals surface area contributed by atoms with E-state index >= 15 is 0 Å². The zero-order valence-corrected chi connectivity index (χ0v) is 10.6.